The molecule has 0 radical (unpaired) electrons. The Hall–Kier alpha value is -3.06. The van der Waals surface area contributed by atoms with Gasteiger partial charge in [0.15, 0.2) is 5.65 Å². The van der Waals surface area contributed by atoms with Gasteiger partial charge in [0, 0.05) is 26.0 Å². The number of rotatable bonds is 5. The summed E-state index contributed by atoms with van der Waals surface area (Å²) < 4.78 is 6.62. The van der Waals surface area contributed by atoms with Gasteiger partial charge >= 0.3 is 0 Å². The number of hydrogen-bond acceptors (Lipinski definition) is 5. The monoisotopic (exact) mass is 378 g/mol. The van der Waals surface area contributed by atoms with Crippen LogP contribution in [0.2, 0.25) is 0 Å². The number of carbonyl (C=O) groups excluding carboxylic acids is 1. The lowest BCUT2D eigenvalue weighted by Gasteiger charge is -2.21. The fourth-order valence-electron chi connectivity index (χ4n) is 3.39. The van der Waals surface area contributed by atoms with Crippen LogP contribution in [0, 0.1) is 5.92 Å². The number of amides is 1. The summed E-state index contributed by atoms with van der Waals surface area (Å²) in [6.45, 7) is 1.88. The first-order chi connectivity index (χ1) is 13.7. The summed E-state index contributed by atoms with van der Waals surface area (Å²) in [5, 5.41) is 7.22. The van der Waals surface area contributed by atoms with Gasteiger partial charge < -0.3 is 10.1 Å². The zero-order valence-electron chi connectivity index (χ0n) is 15.5. The zero-order chi connectivity index (χ0) is 19.3. The summed E-state index contributed by atoms with van der Waals surface area (Å²) in [5.41, 5.74) is 1.75. The number of ether oxygens (including phenoxy) is 1. The molecule has 144 valence electrons. The molecule has 0 bridgehead atoms. The second-order valence-corrected chi connectivity index (χ2v) is 7.00. The Bertz CT molecular complexity index is 1030. The average molecular weight is 378 g/mol. The van der Waals surface area contributed by atoms with Gasteiger partial charge in [-0.25, -0.2) is 4.98 Å². The van der Waals surface area contributed by atoms with Gasteiger partial charge in [-0.1, -0.05) is 30.3 Å². The average Bonchev–Trinajstić information content (AvgIpc) is 2.74. The van der Waals surface area contributed by atoms with Crippen molar-refractivity contribution in [1.82, 2.24) is 19.9 Å². The van der Waals surface area contributed by atoms with Crippen molar-refractivity contribution in [3.8, 4) is 0 Å². The van der Waals surface area contributed by atoms with Crippen molar-refractivity contribution in [3.63, 3.8) is 0 Å². The Labute approximate surface area is 162 Å². The highest BCUT2D eigenvalue weighted by molar-refractivity contribution is 5.93. The number of nitrogens with zero attached hydrogens (tertiary/aromatic N) is 3. The summed E-state index contributed by atoms with van der Waals surface area (Å²) in [6, 6.07) is 13.2. The minimum Gasteiger partial charge on any atom is -0.381 e. The summed E-state index contributed by atoms with van der Waals surface area (Å²) in [7, 11) is 0. The maximum Gasteiger partial charge on any atom is 0.287 e. The molecular weight excluding hydrogens is 356 g/mol. The van der Waals surface area contributed by atoms with Gasteiger partial charge in [-0.3, -0.25) is 9.59 Å². The van der Waals surface area contributed by atoms with Crippen LogP contribution in [-0.4, -0.2) is 33.7 Å². The van der Waals surface area contributed by atoms with Crippen molar-refractivity contribution in [2.75, 3.05) is 13.2 Å². The molecule has 1 aliphatic rings. The Kier molecular flexibility index (Phi) is 5.43. The first-order valence-corrected chi connectivity index (χ1v) is 9.48. The van der Waals surface area contributed by atoms with Gasteiger partial charge in [-0.2, -0.15) is 9.61 Å². The molecule has 0 atom stereocenters. The van der Waals surface area contributed by atoms with Crippen LogP contribution in [0.3, 0.4) is 0 Å². The lowest BCUT2D eigenvalue weighted by Crippen LogP contribution is -2.32. The second-order valence-electron chi connectivity index (χ2n) is 7.00. The first-order valence-electron chi connectivity index (χ1n) is 9.48. The van der Waals surface area contributed by atoms with Crippen molar-refractivity contribution in [2.45, 2.75) is 25.8 Å². The minimum atomic E-state index is -0.454. The molecule has 1 saturated heterocycles. The number of hydrogen-bond donors (Lipinski definition) is 1. The highest BCUT2D eigenvalue weighted by atomic mass is 16.5. The number of benzene rings is 1. The smallest absolute Gasteiger partial charge is 0.287 e. The van der Waals surface area contributed by atoms with Crippen molar-refractivity contribution >= 4 is 11.6 Å². The van der Waals surface area contributed by atoms with Crippen LogP contribution in [0.5, 0.6) is 0 Å². The highest BCUT2D eigenvalue weighted by Gasteiger charge is 2.17. The minimum absolute atomic E-state index is 0.0100. The summed E-state index contributed by atoms with van der Waals surface area (Å²) in [5.74, 6) is 0.0482. The molecule has 3 heterocycles. The Morgan fingerprint density at radius 3 is 2.71 bits per heavy atom. The van der Waals surface area contributed by atoms with Gasteiger partial charge in [-0.15, -0.1) is 0 Å². The lowest BCUT2D eigenvalue weighted by molar-refractivity contribution is 0.0662. The van der Waals surface area contributed by atoms with Crippen molar-refractivity contribution < 1.29 is 9.53 Å². The largest absolute Gasteiger partial charge is 0.381 e. The molecule has 0 spiro atoms. The maximum absolute atomic E-state index is 12.8. The summed E-state index contributed by atoms with van der Waals surface area (Å²) >= 11 is 0. The molecule has 1 amide bonds. The molecular formula is C21H22N4O3. The number of fused-ring (bicyclic) bond motifs is 1. The standard InChI is InChI=1S/C21H22N4O3/c26-20(23-13-16-4-2-1-3-5-16)18-14-22-19-7-6-17(24-25(19)21(18)27)12-15-8-10-28-11-9-15/h1-7,14-15H,8-13H2,(H,23,26). The third-order valence-electron chi connectivity index (χ3n) is 5.00. The van der Waals surface area contributed by atoms with E-state index in [9.17, 15) is 9.59 Å². The molecule has 1 fully saturated rings. The Morgan fingerprint density at radius 1 is 1.14 bits per heavy atom. The van der Waals surface area contributed by atoms with E-state index in [1.165, 1.54) is 10.7 Å². The van der Waals surface area contributed by atoms with Gasteiger partial charge in [0.05, 0.1) is 5.69 Å². The van der Waals surface area contributed by atoms with E-state index in [1.807, 2.05) is 36.4 Å². The van der Waals surface area contributed by atoms with E-state index in [-0.39, 0.29) is 5.56 Å². The van der Waals surface area contributed by atoms with E-state index in [0.29, 0.717) is 18.1 Å². The first kappa shape index (κ1) is 18.3. The van der Waals surface area contributed by atoms with Gasteiger partial charge in [0.25, 0.3) is 11.5 Å². The Balaban J connectivity index is 1.54. The van der Waals surface area contributed by atoms with Crippen molar-refractivity contribution in [3.05, 3.63) is 75.8 Å². The number of carbonyl (C=O) groups is 1. The van der Waals surface area contributed by atoms with Gasteiger partial charge in [0.2, 0.25) is 0 Å². The quantitative estimate of drug-likeness (QED) is 0.734. The molecule has 2 aromatic heterocycles. The highest BCUT2D eigenvalue weighted by Crippen LogP contribution is 2.18. The van der Waals surface area contributed by atoms with E-state index >= 15 is 0 Å². The molecule has 4 rings (SSSR count). The molecule has 7 nitrogen and oxygen atoms in total. The van der Waals surface area contributed by atoms with E-state index in [2.05, 4.69) is 15.4 Å². The van der Waals surface area contributed by atoms with E-state index < -0.39 is 11.5 Å². The molecule has 1 aliphatic heterocycles. The predicted molar refractivity (Wildman–Crippen MR) is 104 cm³/mol. The fraction of sp³-hybridized carbons (Fsp3) is 0.333. The molecule has 0 aliphatic carbocycles. The molecule has 1 aromatic carbocycles. The van der Waals surface area contributed by atoms with Gasteiger partial charge in [0.1, 0.15) is 5.56 Å². The van der Waals surface area contributed by atoms with E-state index in [0.717, 1.165) is 43.7 Å². The van der Waals surface area contributed by atoms with Gasteiger partial charge in [-0.05, 0) is 42.9 Å². The van der Waals surface area contributed by atoms with Crippen molar-refractivity contribution in [2.24, 2.45) is 5.92 Å². The zero-order valence-corrected chi connectivity index (χ0v) is 15.5. The fourth-order valence-corrected chi connectivity index (χ4v) is 3.39. The second kappa shape index (κ2) is 8.31. The van der Waals surface area contributed by atoms with Crippen LogP contribution in [-0.2, 0) is 17.7 Å². The third-order valence-corrected chi connectivity index (χ3v) is 5.00. The molecule has 0 unspecified atom stereocenters. The van der Waals surface area contributed by atoms with Crippen LogP contribution in [0.4, 0.5) is 0 Å². The van der Waals surface area contributed by atoms with E-state index in [1.54, 1.807) is 6.07 Å². The normalized spacial score (nSPS) is 14.9. The molecule has 0 saturated carbocycles. The molecule has 28 heavy (non-hydrogen) atoms. The van der Waals surface area contributed by atoms with Crippen LogP contribution in [0.1, 0.15) is 34.5 Å². The predicted octanol–water partition coefficient (Wildman–Crippen LogP) is 1.99. The van der Waals surface area contributed by atoms with Crippen LogP contribution < -0.4 is 10.9 Å². The van der Waals surface area contributed by atoms with E-state index in [4.69, 9.17) is 4.74 Å². The molecule has 7 heteroatoms. The molecule has 3 aromatic rings. The van der Waals surface area contributed by atoms with Crippen molar-refractivity contribution in [1.29, 1.82) is 0 Å². The summed E-state index contributed by atoms with van der Waals surface area (Å²) in [6.07, 6.45) is 4.09. The molecule has 1 N–H and O–H groups in total. The van der Waals surface area contributed by atoms with Crippen LogP contribution in [0.15, 0.2) is 53.5 Å². The SMILES string of the molecule is O=C(NCc1ccccc1)c1cnc2ccc(CC3CCOCC3)nn2c1=O. The third kappa shape index (κ3) is 4.09. The topological polar surface area (TPSA) is 85.6 Å². The maximum atomic E-state index is 12.8. The number of aromatic nitrogens is 3. The number of nitrogens with one attached hydrogen (secondary N) is 1. The Morgan fingerprint density at radius 2 is 1.93 bits per heavy atom. The summed E-state index contributed by atoms with van der Waals surface area (Å²) in [4.78, 5) is 29.5. The lowest BCUT2D eigenvalue weighted by atomic mass is 9.95. The van der Waals surface area contributed by atoms with Crippen LogP contribution in [0.25, 0.3) is 5.65 Å². The van der Waals surface area contributed by atoms with Crippen LogP contribution >= 0.6 is 0 Å².